The van der Waals surface area contributed by atoms with E-state index in [9.17, 15) is 0 Å². The van der Waals surface area contributed by atoms with Crippen molar-refractivity contribution in [2.75, 3.05) is 13.7 Å². The number of ether oxygens (including phenoxy) is 1. The molecular weight excluding hydrogens is 226 g/mol. The molecule has 90 valence electrons. The second-order valence-corrected chi connectivity index (χ2v) is 4.29. The number of aliphatic hydroxyl groups excluding tert-OH is 1. The summed E-state index contributed by atoms with van der Waals surface area (Å²) in [6, 6.07) is 5.64. The minimum atomic E-state index is 0.0405. The Bertz CT molecular complexity index is 344. The largest absolute Gasteiger partial charge is 0.496 e. The van der Waals surface area contributed by atoms with Gasteiger partial charge in [0, 0.05) is 22.7 Å². The maximum Gasteiger partial charge on any atom is 0.123 e. The lowest BCUT2D eigenvalue weighted by atomic mass is 10.1. The summed E-state index contributed by atoms with van der Waals surface area (Å²) in [4.78, 5) is 0. The fourth-order valence-electron chi connectivity index (χ4n) is 1.61. The van der Waals surface area contributed by atoms with Crippen LogP contribution in [0.3, 0.4) is 0 Å². The summed E-state index contributed by atoms with van der Waals surface area (Å²) in [5.41, 5.74) is 0.996. The summed E-state index contributed by atoms with van der Waals surface area (Å²) in [6.07, 6.45) is 0. The van der Waals surface area contributed by atoms with Gasteiger partial charge in [0.1, 0.15) is 5.75 Å². The van der Waals surface area contributed by atoms with Gasteiger partial charge in [0.2, 0.25) is 0 Å². The summed E-state index contributed by atoms with van der Waals surface area (Å²) in [6.45, 7) is 4.04. The first-order valence-electron chi connectivity index (χ1n) is 5.28. The number of aliphatic hydroxyl groups is 1. The summed E-state index contributed by atoms with van der Waals surface area (Å²) in [7, 11) is 1.63. The maximum atomic E-state index is 8.99. The third kappa shape index (κ3) is 3.37. The fraction of sp³-hybridized carbons (Fsp3) is 0.500. The molecule has 2 N–H and O–H groups in total. The van der Waals surface area contributed by atoms with Crippen molar-refractivity contribution in [3.63, 3.8) is 0 Å². The van der Waals surface area contributed by atoms with Gasteiger partial charge in [-0.15, -0.1) is 0 Å². The number of benzene rings is 1. The molecule has 0 amide bonds. The molecule has 0 aliphatic rings. The topological polar surface area (TPSA) is 41.5 Å². The molecule has 4 heteroatoms. The van der Waals surface area contributed by atoms with Gasteiger partial charge >= 0.3 is 0 Å². The number of halogens is 1. The van der Waals surface area contributed by atoms with E-state index >= 15 is 0 Å². The van der Waals surface area contributed by atoms with E-state index in [-0.39, 0.29) is 18.7 Å². The molecule has 1 rings (SSSR count). The zero-order valence-corrected chi connectivity index (χ0v) is 10.6. The molecular formula is C12H18ClNO2. The lowest BCUT2D eigenvalue weighted by Crippen LogP contribution is -2.31. The van der Waals surface area contributed by atoms with E-state index in [1.807, 2.05) is 26.0 Å². The molecule has 0 bridgehead atoms. The Labute approximate surface area is 101 Å². The number of hydrogen-bond acceptors (Lipinski definition) is 3. The van der Waals surface area contributed by atoms with Crippen LogP contribution in [0.25, 0.3) is 0 Å². The van der Waals surface area contributed by atoms with Crippen LogP contribution in [-0.2, 0) is 0 Å². The Morgan fingerprint density at radius 2 is 2.12 bits per heavy atom. The lowest BCUT2D eigenvalue weighted by Gasteiger charge is -2.20. The van der Waals surface area contributed by atoms with E-state index in [4.69, 9.17) is 21.4 Å². The second-order valence-electron chi connectivity index (χ2n) is 3.86. The predicted molar refractivity (Wildman–Crippen MR) is 66.1 cm³/mol. The first kappa shape index (κ1) is 13.3. The van der Waals surface area contributed by atoms with Crippen LogP contribution in [-0.4, -0.2) is 24.9 Å². The molecule has 2 atom stereocenters. The van der Waals surface area contributed by atoms with Gasteiger partial charge in [0.15, 0.2) is 0 Å². The molecule has 1 aromatic carbocycles. The Morgan fingerprint density at radius 1 is 1.44 bits per heavy atom. The van der Waals surface area contributed by atoms with Crippen LogP contribution in [0.4, 0.5) is 0 Å². The highest BCUT2D eigenvalue weighted by Crippen LogP contribution is 2.28. The highest BCUT2D eigenvalue weighted by molar-refractivity contribution is 6.30. The van der Waals surface area contributed by atoms with Crippen LogP contribution in [0, 0.1) is 0 Å². The molecule has 0 fully saturated rings. The van der Waals surface area contributed by atoms with Crippen molar-refractivity contribution in [2.45, 2.75) is 25.9 Å². The van der Waals surface area contributed by atoms with Crippen molar-refractivity contribution in [2.24, 2.45) is 0 Å². The maximum absolute atomic E-state index is 8.99. The van der Waals surface area contributed by atoms with Crippen molar-refractivity contribution >= 4 is 11.6 Å². The van der Waals surface area contributed by atoms with E-state index in [1.165, 1.54) is 0 Å². The van der Waals surface area contributed by atoms with Gasteiger partial charge in [-0.2, -0.15) is 0 Å². The van der Waals surface area contributed by atoms with E-state index in [0.29, 0.717) is 5.02 Å². The summed E-state index contributed by atoms with van der Waals surface area (Å²) >= 11 is 5.96. The number of methoxy groups -OCH3 is 1. The van der Waals surface area contributed by atoms with Gasteiger partial charge in [0.05, 0.1) is 13.7 Å². The molecule has 0 saturated carbocycles. The van der Waals surface area contributed by atoms with Crippen molar-refractivity contribution in [1.29, 1.82) is 0 Å². The fourth-order valence-corrected chi connectivity index (χ4v) is 1.79. The van der Waals surface area contributed by atoms with E-state index in [2.05, 4.69) is 5.32 Å². The highest BCUT2D eigenvalue weighted by atomic mass is 35.5. The van der Waals surface area contributed by atoms with Crippen molar-refractivity contribution < 1.29 is 9.84 Å². The molecule has 1 aromatic rings. The van der Waals surface area contributed by atoms with Gasteiger partial charge in [-0.05, 0) is 32.0 Å². The smallest absolute Gasteiger partial charge is 0.123 e. The Morgan fingerprint density at radius 3 is 2.69 bits per heavy atom. The van der Waals surface area contributed by atoms with Crippen molar-refractivity contribution in [3.05, 3.63) is 28.8 Å². The van der Waals surface area contributed by atoms with Crippen molar-refractivity contribution in [3.8, 4) is 5.75 Å². The number of rotatable bonds is 5. The number of hydrogen-bond donors (Lipinski definition) is 2. The summed E-state index contributed by atoms with van der Waals surface area (Å²) in [5.74, 6) is 0.800. The minimum Gasteiger partial charge on any atom is -0.496 e. The van der Waals surface area contributed by atoms with Crippen LogP contribution in [0.1, 0.15) is 25.5 Å². The Hall–Kier alpha value is -0.770. The van der Waals surface area contributed by atoms with E-state index in [0.717, 1.165) is 11.3 Å². The average molecular weight is 244 g/mol. The van der Waals surface area contributed by atoms with Gasteiger partial charge < -0.3 is 15.2 Å². The molecule has 0 spiro atoms. The number of nitrogens with one attached hydrogen (secondary N) is 1. The van der Waals surface area contributed by atoms with Crippen LogP contribution < -0.4 is 10.1 Å². The first-order chi connectivity index (χ1) is 7.58. The molecule has 0 heterocycles. The van der Waals surface area contributed by atoms with E-state index < -0.39 is 0 Å². The van der Waals surface area contributed by atoms with Crippen LogP contribution in [0.5, 0.6) is 5.75 Å². The van der Waals surface area contributed by atoms with Crippen LogP contribution in [0.15, 0.2) is 18.2 Å². The van der Waals surface area contributed by atoms with Gasteiger partial charge in [0.25, 0.3) is 0 Å². The highest BCUT2D eigenvalue weighted by Gasteiger charge is 2.13. The molecule has 0 aliphatic heterocycles. The Kier molecular flexibility index (Phi) is 5.06. The average Bonchev–Trinajstić information content (AvgIpc) is 2.28. The van der Waals surface area contributed by atoms with Crippen molar-refractivity contribution in [1.82, 2.24) is 5.32 Å². The minimum absolute atomic E-state index is 0.0405. The first-order valence-corrected chi connectivity index (χ1v) is 5.66. The monoisotopic (exact) mass is 243 g/mol. The standard InChI is InChI=1S/C12H18ClNO2/c1-8(7-15)14-9(2)11-6-10(13)4-5-12(11)16-3/h4-6,8-9,14-15H,7H2,1-3H3/t8-,9?/m0/s1. The molecule has 0 aromatic heterocycles. The molecule has 0 radical (unpaired) electrons. The van der Waals surface area contributed by atoms with Crippen LogP contribution in [0.2, 0.25) is 5.02 Å². The SMILES string of the molecule is COc1ccc(Cl)cc1C(C)N[C@@H](C)CO. The quantitative estimate of drug-likeness (QED) is 0.835. The molecule has 0 aliphatic carbocycles. The molecule has 3 nitrogen and oxygen atoms in total. The molecule has 16 heavy (non-hydrogen) atoms. The normalized spacial score (nSPS) is 14.6. The summed E-state index contributed by atoms with van der Waals surface area (Å²) < 4.78 is 5.28. The van der Waals surface area contributed by atoms with Crippen LogP contribution >= 0.6 is 11.6 Å². The van der Waals surface area contributed by atoms with Gasteiger partial charge in [-0.1, -0.05) is 11.6 Å². The molecule has 0 saturated heterocycles. The lowest BCUT2D eigenvalue weighted by molar-refractivity contribution is 0.242. The molecule has 1 unspecified atom stereocenters. The predicted octanol–water partition coefficient (Wildman–Crippen LogP) is 2.38. The zero-order valence-electron chi connectivity index (χ0n) is 9.83. The third-order valence-electron chi connectivity index (χ3n) is 2.47. The third-order valence-corrected chi connectivity index (χ3v) is 2.70. The van der Waals surface area contributed by atoms with E-state index in [1.54, 1.807) is 13.2 Å². The van der Waals surface area contributed by atoms with Gasteiger partial charge in [-0.3, -0.25) is 0 Å². The van der Waals surface area contributed by atoms with Gasteiger partial charge in [-0.25, -0.2) is 0 Å². The summed E-state index contributed by atoms with van der Waals surface area (Å²) in [5, 5.41) is 12.9. The Balaban J connectivity index is 2.88. The second kappa shape index (κ2) is 6.09. The zero-order chi connectivity index (χ0) is 12.1.